The minimum absolute atomic E-state index is 0.0733. The average molecular weight is 586 g/mol. The maximum absolute atomic E-state index is 13.6. The van der Waals surface area contributed by atoms with E-state index in [0.29, 0.717) is 11.3 Å². The van der Waals surface area contributed by atoms with Crippen molar-refractivity contribution in [2.45, 2.75) is 56.3 Å². The van der Waals surface area contributed by atoms with E-state index in [9.17, 15) is 33.9 Å². The van der Waals surface area contributed by atoms with Crippen LogP contribution in [-0.2, 0) is 41.6 Å². The number of carboxylic acid groups (broad SMARTS) is 3. The Hall–Kier alpha value is -5.25. The molecule has 0 fully saturated rings. The molecule has 0 radical (unpaired) electrons. The van der Waals surface area contributed by atoms with Gasteiger partial charge in [0, 0.05) is 48.3 Å². The highest BCUT2D eigenvalue weighted by molar-refractivity contribution is 5.95. The van der Waals surface area contributed by atoms with Crippen LogP contribution in [0.1, 0.15) is 30.5 Å². The van der Waals surface area contributed by atoms with Gasteiger partial charge in [0.25, 0.3) is 0 Å². The molecule has 10 N–H and O–H groups in total. The lowest BCUT2D eigenvalue weighted by Gasteiger charge is -2.25. The molecule has 3 amide bonds. The van der Waals surface area contributed by atoms with Crippen LogP contribution in [0.3, 0.4) is 0 Å². The average Bonchev–Trinajstić information content (AvgIpc) is 3.59. The zero-order valence-electron chi connectivity index (χ0n) is 22.2. The van der Waals surface area contributed by atoms with Gasteiger partial charge in [0.1, 0.15) is 18.1 Å². The van der Waals surface area contributed by atoms with E-state index in [2.05, 4.69) is 30.9 Å². The molecule has 0 bridgehead atoms. The number of benzene rings is 1. The van der Waals surface area contributed by atoms with Crippen molar-refractivity contribution < 1.29 is 44.1 Å². The number of carboxylic acids is 3. The molecule has 16 heteroatoms. The molecule has 3 rings (SSSR count). The number of hydrogen-bond donors (Lipinski definition) is 9. The highest BCUT2D eigenvalue weighted by Gasteiger charge is 2.32. The predicted octanol–water partition coefficient (Wildman–Crippen LogP) is -1.12. The molecule has 0 spiro atoms. The zero-order valence-corrected chi connectivity index (χ0v) is 22.2. The third kappa shape index (κ3) is 8.88. The van der Waals surface area contributed by atoms with E-state index in [4.69, 9.17) is 15.9 Å². The van der Waals surface area contributed by atoms with Crippen LogP contribution in [0.25, 0.3) is 10.9 Å². The summed E-state index contributed by atoms with van der Waals surface area (Å²) in [5, 5.41) is 35.4. The Labute approximate surface area is 238 Å². The molecule has 3 aromatic rings. The molecular weight excluding hydrogens is 554 g/mol. The van der Waals surface area contributed by atoms with E-state index < -0.39 is 79.1 Å². The van der Waals surface area contributed by atoms with Crippen LogP contribution in [0.2, 0.25) is 0 Å². The number of aliphatic carboxylic acids is 3. The molecule has 1 aromatic carbocycles. The topological polar surface area (TPSA) is 270 Å². The number of nitrogens with two attached hydrogens (primary N) is 1. The molecule has 224 valence electrons. The first-order valence-corrected chi connectivity index (χ1v) is 12.8. The summed E-state index contributed by atoms with van der Waals surface area (Å²) in [5.41, 5.74) is 7.50. The number of fused-ring (bicyclic) bond motifs is 1. The minimum atomic E-state index is -1.55. The van der Waals surface area contributed by atoms with Gasteiger partial charge in [-0.3, -0.25) is 24.0 Å². The van der Waals surface area contributed by atoms with Gasteiger partial charge in [-0.1, -0.05) is 18.2 Å². The second kappa shape index (κ2) is 14.4. The van der Waals surface area contributed by atoms with Crippen LogP contribution in [0, 0.1) is 0 Å². The van der Waals surface area contributed by atoms with Crippen molar-refractivity contribution in [1.82, 2.24) is 30.9 Å². The van der Waals surface area contributed by atoms with Crippen molar-refractivity contribution in [3.8, 4) is 0 Å². The van der Waals surface area contributed by atoms with Crippen molar-refractivity contribution in [2.24, 2.45) is 5.73 Å². The summed E-state index contributed by atoms with van der Waals surface area (Å²) < 4.78 is 0. The van der Waals surface area contributed by atoms with E-state index >= 15 is 0 Å². The summed E-state index contributed by atoms with van der Waals surface area (Å²) in [4.78, 5) is 82.8. The SMILES string of the molecule is NC(CC(=O)O)C(=O)NC(Cc1c[nH]c2ccccc12)C(=O)NC(Cc1cnc[nH]1)C(=O)NC(CCC(=O)O)C(=O)O. The number of nitrogens with zero attached hydrogens (tertiary/aromatic N) is 1. The fourth-order valence-electron chi connectivity index (χ4n) is 4.18. The van der Waals surface area contributed by atoms with Gasteiger partial charge in [-0.2, -0.15) is 0 Å². The van der Waals surface area contributed by atoms with Gasteiger partial charge >= 0.3 is 17.9 Å². The normalized spacial score (nSPS) is 13.8. The number of para-hydroxylation sites is 1. The standard InChI is InChI=1S/C26H31N7O9/c27-16(9-22(36)37)23(38)32-19(7-13-10-29-17-4-2-1-3-15(13)17)24(39)33-20(8-14-11-28-12-30-14)25(40)31-18(26(41)42)5-6-21(34)35/h1-4,10-12,16,18-20,29H,5-9,27H2,(H,28,30)(H,31,40)(H,32,38)(H,33,39)(H,34,35)(H,36,37)(H,41,42). The molecule has 4 atom stereocenters. The number of aromatic nitrogens is 3. The van der Waals surface area contributed by atoms with Gasteiger partial charge < -0.3 is 47.0 Å². The number of H-pyrrole nitrogens is 2. The summed E-state index contributed by atoms with van der Waals surface area (Å²) in [6.45, 7) is 0. The summed E-state index contributed by atoms with van der Waals surface area (Å²) in [5.74, 6) is -6.71. The maximum atomic E-state index is 13.6. The Balaban J connectivity index is 1.86. The fraction of sp³-hybridized carbons (Fsp3) is 0.346. The highest BCUT2D eigenvalue weighted by Crippen LogP contribution is 2.19. The third-order valence-corrected chi connectivity index (χ3v) is 6.34. The first-order valence-electron chi connectivity index (χ1n) is 12.8. The van der Waals surface area contributed by atoms with Gasteiger partial charge in [0.15, 0.2) is 0 Å². The highest BCUT2D eigenvalue weighted by atomic mass is 16.4. The van der Waals surface area contributed by atoms with E-state index in [-0.39, 0.29) is 12.8 Å². The summed E-state index contributed by atoms with van der Waals surface area (Å²) in [6, 6.07) is 1.48. The molecule has 4 unspecified atom stereocenters. The summed E-state index contributed by atoms with van der Waals surface area (Å²) in [7, 11) is 0. The van der Waals surface area contributed by atoms with Crippen molar-refractivity contribution in [3.63, 3.8) is 0 Å². The van der Waals surface area contributed by atoms with Gasteiger partial charge in [-0.25, -0.2) is 9.78 Å². The Morgan fingerprint density at radius 1 is 0.833 bits per heavy atom. The molecule has 0 aliphatic carbocycles. The van der Waals surface area contributed by atoms with E-state index in [1.54, 1.807) is 24.4 Å². The Kier molecular flexibility index (Phi) is 10.7. The molecule has 42 heavy (non-hydrogen) atoms. The number of hydrogen-bond acceptors (Lipinski definition) is 8. The molecule has 0 aliphatic heterocycles. The number of amides is 3. The van der Waals surface area contributed by atoms with Crippen LogP contribution in [0.15, 0.2) is 43.0 Å². The van der Waals surface area contributed by atoms with E-state index in [1.807, 2.05) is 6.07 Å². The number of rotatable bonds is 16. The quantitative estimate of drug-likeness (QED) is 0.0971. The number of carbonyl (C=O) groups excluding carboxylic acids is 3. The molecule has 0 aliphatic rings. The second-order valence-electron chi connectivity index (χ2n) is 9.50. The smallest absolute Gasteiger partial charge is 0.326 e. The number of nitrogens with one attached hydrogen (secondary N) is 5. The van der Waals surface area contributed by atoms with Crippen LogP contribution >= 0.6 is 0 Å². The first kappa shape index (κ1) is 31.3. The predicted molar refractivity (Wildman–Crippen MR) is 145 cm³/mol. The van der Waals surface area contributed by atoms with Crippen molar-refractivity contribution in [2.75, 3.05) is 0 Å². The van der Waals surface area contributed by atoms with Crippen LogP contribution in [-0.4, -0.2) is 90.1 Å². The van der Waals surface area contributed by atoms with Crippen molar-refractivity contribution >= 4 is 46.5 Å². The minimum Gasteiger partial charge on any atom is -0.481 e. The number of carbonyl (C=O) groups is 6. The Bertz CT molecular complexity index is 1440. The maximum Gasteiger partial charge on any atom is 0.326 e. The molecule has 2 heterocycles. The van der Waals surface area contributed by atoms with E-state index in [0.717, 1.165) is 10.9 Å². The molecule has 0 saturated carbocycles. The third-order valence-electron chi connectivity index (χ3n) is 6.34. The fourth-order valence-corrected chi connectivity index (χ4v) is 4.18. The number of aromatic amines is 2. The summed E-state index contributed by atoms with van der Waals surface area (Å²) >= 11 is 0. The van der Waals surface area contributed by atoms with Crippen molar-refractivity contribution in [1.29, 1.82) is 0 Å². The lowest BCUT2D eigenvalue weighted by Crippen LogP contribution is -2.58. The van der Waals surface area contributed by atoms with Gasteiger partial charge in [0.05, 0.1) is 18.8 Å². The second-order valence-corrected chi connectivity index (χ2v) is 9.50. The Morgan fingerprint density at radius 3 is 2.10 bits per heavy atom. The molecule has 0 saturated heterocycles. The molecule has 2 aromatic heterocycles. The summed E-state index contributed by atoms with van der Waals surface area (Å²) in [6.07, 6.45) is 2.52. The Morgan fingerprint density at radius 2 is 1.48 bits per heavy atom. The first-order chi connectivity index (χ1) is 19.9. The molecular formula is C26H31N7O9. The van der Waals surface area contributed by atoms with Crippen LogP contribution in [0.5, 0.6) is 0 Å². The lowest BCUT2D eigenvalue weighted by molar-refractivity contribution is -0.143. The lowest BCUT2D eigenvalue weighted by atomic mass is 10.0. The zero-order chi connectivity index (χ0) is 30.8. The van der Waals surface area contributed by atoms with Crippen LogP contribution in [0.4, 0.5) is 0 Å². The number of imidazole rings is 1. The molecule has 16 nitrogen and oxygen atoms in total. The van der Waals surface area contributed by atoms with E-state index in [1.165, 1.54) is 12.5 Å². The van der Waals surface area contributed by atoms with Gasteiger partial charge in [0.2, 0.25) is 17.7 Å². The monoisotopic (exact) mass is 585 g/mol. The van der Waals surface area contributed by atoms with Gasteiger partial charge in [-0.15, -0.1) is 0 Å². The van der Waals surface area contributed by atoms with Crippen LogP contribution < -0.4 is 21.7 Å². The van der Waals surface area contributed by atoms with Crippen molar-refractivity contribution in [3.05, 3.63) is 54.2 Å². The largest absolute Gasteiger partial charge is 0.481 e. The van der Waals surface area contributed by atoms with Gasteiger partial charge in [-0.05, 0) is 18.1 Å².